The number of hydrogen-bond acceptors (Lipinski definition) is 5. The molecule has 0 atom stereocenters. The van der Waals surface area contributed by atoms with Gasteiger partial charge in [0.05, 0.1) is 12.9 Å². The molecule has 0 aromatic carbocycles. The van der Waals surface area contributed by atoms with Gasteiger partial charge in [0.2, 0.25) is 0 Å². The van der Waals surface area contributed by atoms with Gasteiger partial charge in [-0.05, 0) is 20.8 Å². The largest absolute Gasteiger partial charge is 0.444 e. The minimum Gasteiger partial charge on any atom is -0.444 e. The van der Waals surface area contributed by atoms with Gasteiger partial charge in [-0.2, -0.15) is 8.42 Å². The maximum atomic E-state index is 11.2. The quantitative estimate of drug-likeness (QED) is 0.593. The first-order valence-corrected chi connectivity index (χ1v) is 6.88. The maximum absolute atomic E-state index is 11.2. The first-order valence-electron chi connectivity index (χ1n) is 5.06. The Kier molecular flexibility index (Phi) is 6.19. The molecule has 6 nitrogen and oxygen atoms in total. The van der Waals surface area contributed by atoms with Crippen LogP contribution in [-0.2, 0) is 19.0 Å². The van der Waals surface area contributed by atoms with E-state index in [1.165, 1.54) is 6.08 Å². The maximum Gasteiger partial charge on any atom is 0.407 e. The lowest BCUT2D eigenvalue weighted by molar-refractivity contribution is 0.0534. The van der Waals surface area contributed by atoms with Crippen molar-refractivity contribution in [2.24, 2.45) is 0 Å². The van der Waals surface area contributed by atoms with Crippen LogP contribution in [0, 0.1) is 0 Å². The topological polar surface area (TPSA) is 81.7 Å². The summed E-state index contributed by atoms with van der Waals surface area (Å²) in [6, 6.07) is 0. The molecular formula is C10H19NO5S. The Labute approximate surface area is 102 Å². The van der Waals surface area contributed by atoms with Crippen LogP contribution in [0.15, 0.2) is 12.2 Å². The molecule has 0 aliphatic heterocycles. The summed E-state index contributed by atoms with van der Waals surface area (Å²) < 4.78 is 30.6. The van der Waals surface area contributed by atoms with Gasteiger partial charge >= 0.3 is 6.09 Å². The summed E-state index contributed by atoms with van der Waals surface area (Å²) in [6.07, 6.45) is 3.53. The summed E-state index contributed by atoms with van der Waals surface area (Å²) in [5.41, 5.74) is -0.535. The van der Waals surface area contributed by atoms with Gasteiger partial charge in [0.15, 0.2) is 0 Å². The molecule has 0 heterocycles. The molecule has 100 valence electrons. The zero-order valence-electron chi connectivity index (χ0n) is 10.5. The predicted octanol–water partition coefficient (Wildman–Crippen LogP) is 1.04. The van der Waals surface area contributed by atoms with E-state index in [0.717, 1.165) is 6.26 Å². The fourth-order valence-corrected chi connectivity index (χ4v) is 1.10. The predicted molar refractivity (Wildman–Crippen MR) is 64.2 cm³/mol. The summed E-state index contributed by atoms with van der Waals surface area (Å²) in [5.74, 6) is 0. The van der Waals surface area contributed by atoms with Crippen LogP contribution in [-0.4, -0.2) is 39.5 Å². The van der Waals surface area contributed by atoms with Crippen LogP contribution in [0.25, 0.3) is 0 Å². The van der Waals surface area contributed by atoms with Gasteiger partial charge in [0, 0.05) is 6.54 Å². The van der Waals surface area contributed by atoms with Crippen molar-refractivity contribution < 1.29 is 22.1 Å². The summed E-state index contributed by atoms with van der Waals surface area (Å²) in [6.45, 7) is 5.50. The van der Waals surface area contributed by atoms with Crippen molar-refractivity contribution in [3.8, 4) is 0 Å². The summed E-state index contributed by atoms with van der Waals surface area (Å²) in [4.78, 5) is 11.2. The highest BCUT2D eigenvalue weighted by Gasteiger charge is 2.14. The number of amides is 1. The van der Waals surface area contributed by atoms with Crippen LogP contribution in [0.2, 0.25) is 0 Å². The lowest BCUT2D eigenvalue weighted by Gasteiger charge is -2.19. The molecule has 0 bridgehead atoms. The molecule has 1 N–H and O–H groups in total. The molecule has 0 unspecified atom stereocenters. The van der Waals surface area contributed by atoms with E-state index in [2.05, 4.69) is 9.50 Å². The van der Waals surface area contributed by atoms with Gasteiger partial charge in [0.25, 0.3) is 10.1 Å². The number of alkyl carbamates (subject to hydrolysis) is 1. The normalized spacial score (nSPS) is 12.7. The average molecular weight is 265 g/mol. The molecule has 0 aromatic rings. The second kappa shape index (κ2) is 6.61. The van der Waals surface area contributed by atoms with Crippen molar-refractivity contribution in [2.45, 2.75) is 26.4 Å². The minimum absolute atomic E-state index is 0.0468. The Morgan fingerprint density at radius 3 is 2.35 bits per heavy atom. The van der Waals surface area contributed by atoms with Gasteiger partial charge in [-0.25, -0.2) is 4.79 Å². The Morgan fingerprint density at radius 1 is 1.29 bits per heavy atom. The molecule has 0 saturated heterocycles. The molecule has 0 rings (SSSR count). The third-order valence-electron chi connectivity index (χ3n) is 1.31. The molecule has 0 aliphatic carbocycles. The van der Waals surface area contributed by atoms with E-state index in [1.807, 2.05) is 0 Å². The lowest BCUT2D eigenvalue weighted by atomic mass is 10.2. The monoisotopic (exact) mass is 265 g/mol. The highest BCUT2D eigenvalue weighted by atomic mass is 32.2. The zero-order valence-corrected chi connectivity index (χ0v) is 11.3. The summed E-state index contributed by atoms with van der Waals surface area (Å²) >= 11 is 0. The van der Waals surface area contributed by atoms with Crippen LogP contribution in [0.4, 0.5) is 4.79 Å². The van der Waals surface area contributed by atoms with Crippen LogP contribution in [0.1, 0.15) is 20.8 Å². The Bertz CT molecular complexity index is 367. The third kappa shape index (κ3) is 12.9. The number of carbonyl (C=O) groups excluding carboxylic acids is 1. The van der Waals surface area contributed by atoms with E-state index < -0.39 is 21.8 Å². The molecule has 0 radical (unpaired) electrons. The third-order valence-corrected chi connectivity index (χ3v) is 1.87. The van der Waals surface area contributed by atoms with Crippen LogP contribution in [0.3, 0.4) is 0 Å². The van der Waals surface area contributed by atoms with Crippen LogP contribution >= 0.6 is 0 Å². The Hall–Kier alpha value is -1.08. The van der Waals surface area contributed by atoms with Crippen molar-refractivity contribution in [1.82, 2.24) is 5.32 Å². The van der Waals surface area contributed by atoms with Gasteiger partial charge in [-0.15, -0.1) is 0 Å². The average Bonchev–Trinajstić information content (AvgIpc) is 2.06. The fourth-order valence-electron chi connectivity index (χ4n) is 0.771. The number of hydrogen-bond donors (Lipinski definition) is 1. The van der Waals surface area contributed by atoms with Crippen LogP contribution < -0.4 is 5.32 Å². The zero-order chi connectivity index (χ0) is 13.5. The minimum atomic E-state index is -3.41. The van der Waals surface area contributed by atoms with Gasteiger partial charge < -0.3 is 10.1 Å². The smallest absolute Gasteiger partial charge is 0.407 e. The van der Waals surface area contributed by atoms with Gasteiger partial charge in [-0.1, -0.05) is 12.2 Å². The van der Waals surface area contributed by atoms with E-state index in [4.69, 9.17) is 4.74 Å². The molecule has 1 amide bonds. The highest BCUT2D eigenvalue weighted by molar-refractivity contribution is 7.85. The van der Waals surface area contributed by atoms with Gasteiger partial charge in [0.1, 0.15) is 5.60 Å². The Morgan fingerprint density at radius 2 is 1.88 bits per heavy atom. The van der Waals surface area contributed by atoms with E-state index in [0.29, 0.717) is 0 Å². The van der Waals surface area contributed by atoms with Crippen molar-refractivity contribution in [3.05, 3.63) is 12.2 Å². The Balaban J connectivity index is 3.71. The standard InChI is InChI=1S/C10H19NO5S/c1-10(2,3)16-9(12)11-7-5-6-8-15-17(4,13)14/h5-6H,7-8H2,1-4H3,(H,11,12). The first-order chi connectivity index (χ1) is 7.60. The number of carbonyl (C=O) groups is 1. The molecule has 0 saturated carbocycles. The van der Waals surface area contributed by atoms with Gasteiger partial charge in [-0.3, -0.25) is 4.18 Å². The number of rotatable bonds is 5. The van der Waals surface area contributed by atoms with E-state index in [1.54, 1.807) is 26.8 Å². The van der Waals surface area contributed by atoms with E-state index in [-0.39, 0.29) is 13.2 Å². The SMILES string of the molecule is CC(C)(C)OC(=O)NCC=CCOS(C)(=O)=O. The molecule has 0 fully saturated rings. The molecule has 0 aliphatic rings. The highest BCUT2D eigenvalue weighted by Crippen LogP contribution is 2.05. The number of nitrogens with one attached hydrogen (secondary N) is 1. The molecule has 7 heteroatoms. The lowest BCUT2D eigenvalue weighted by Crippen LogP contribution is -2.32. The molecule has 0 spiro atoms. The molecular weight excluding hydrogens is 246 g/mol. The van der Waals surface area contributed by atoms with Crippen molar-refractivity contribution in [3.63, 3.8) is 0 Å². The van der Waals surface area contributed by atoms with Crippen molar-refractivity contribution in [1.29, 1.82) is 0 Å². The van der Waals surface area contributed by atoms with Crippen molar-refractivity contribution >= 4 is 16.2 Å². The summed E-state index contributed by atoms with van der Waals surface area (Å²) in [5, 5.41) is 2.48. The summed E-state index contributed by atoms with van der Waals surface area (Å²) in [7, 11) is -3.41. The second-order valence-corrected chi connectivity index (χ2v) is 5.99. The molecule has 0 aromatic heterocycles. The fraction of sp³-hybridized carbons (Fsp3) is 0.700. The van der Waals surface area contributed by atoms with E-state index in [9.17, 15) is 13.2 Å². The number of ether oxygens (including phenoxy) is 1. The second-order valence-electron chi connectivity index (χ2n) is 4.34. The first kappa shape index (κ1) is 15.9. The van der Waals surface area contributed by atoms with Crippen molar-refractivity contribution in [2.75, 3.05) is 19.4 Å². The molecule has 17 heavy (non-hydrogen) atoms. The van der Waals surface area contributed by atoms with Crippen LogP contribution in [0.5, 0.6) is 0 Å². The van der Waals surface area contributed by atoms with E-state index >= 15 is 0 Å².